The van der Waals surface area contributed by atoms with E-state index < -0.39 is 0 Å². The molecule has 1 atom stereocenters. The molecule has 0 bridgehead atoms. The average Bonchev–Trinajstić information content (AvgIpc) is 2.89. The molecule has 0 saturated carbocycles. The summed E-state index contributed by atoms with van der Waals surface area (Å²) in [7, 11) is 1.65. The third kappa shape index (κ3) is 3.26. The second-order valence-electron chi connectivity index (χ2n) is 5.24. The lowest BCUT2D eigenvalue weighted by Crippen LogP contribution is -2.53. The van der Waals surface area contributed by atoms with Gasteiger partial charge in [0.15, 0.2) is 0 Å². The van der Waals surface area contributed by atoms with E-state index in [-0.39, 0.29) is 11.9 Å². The number of methoxy groups -OCH3 is 1. The summed E-state index contributed by atoms with van der Waals surface area (Å²) in [5, 5.41) is 12.1. The number of hydrogen-bond donors (Lipinski definition) is 1. The molecule has 0 spiro atoms. The third-order valence-electron chi connectivity index (χ3n) is 3.73. The van der Waals surface area contributed by atoms with Crippen LogP contribution in [-0.4, -0.2) is 40.7 Å². The highest BCUT2D eigenvalue weighted by atomic mass is 32.1. The van der Waals surface area contributed by atoms with E-state index in [1.54, 1.807) is 7.11 Å². The SMILES string of the molecule is COc1ccc(CN2CCC2C(=O)Nc2nnc(C)s2)cc1. The van der Waals surface area contributed by atoms with Gasteiger partial charge in [0.2, 0.25) is 11.0 Å². The minimum atomic E-state index is -0.0914. The summed E-state index contributed by atoms with van der Waals surface area (Å²) in [6, 6.07) is 7.84. The van der Waals surface area contributed by atoms with Crippen molar-refractivity contribution < 1.29 is 9.53 Å². The summed E-state index contributed by atoms with van der Waals surface area (Å²) >= 11 is 1.39. The van der Waals surface area contributed by atoms with E-state index in [4.69, 9.17) is 4.74 Å². The van der Waals surface area contributed by atoms with Crippen LogP contribution in [0.25, 0.3) is 0 Å². The molecule has 1 unspecified atom stereocenters. The van der Waals surface area contributed by atoms with Crippen molar-refractivity contribution in [3.05, 3.63) is 34.8 Å². The fourth-order valence-electron chi connectivity index (χ4n) is 2.43. The van der Waals surface area contributed by atoms with Crippen LogP contribution in [0.2, 0.25) is 0 Å². The maximum Gasteiger partial charge on any atom is 0.243 e. The largest absolute Gasteiger partial charge is 0.497 e. The summed E-state index contributed by atoms with van der Waals surface area (Å²) in [5.74, 6) is 0.837. The maximum absolute atomic E-state index is 12.3. The number of anilines is 1. The van der Waals surface area contributed by atoms with Gasteiger partial charge >= 0.3 is 0 Å². The van der Waals surface area contributed by atoms with E-state index in [9.17, 15) is 4.79 Å². The fourth-order valence-corrected chi connectivity index (χ4v) is 3.02. The first-order chi connectivity index (χ1) is 10.7. The molecule has 1 aliphatic rings. The van der Waals surface area contributed by atoms with Crippen molar-refractivity contribution in [1.29, 1.82) is 0 Å². The van der Waals surface area contributed by atoms with E-state index >= 15 is 0 Å². The Balaban J connectivity index is 1.57. The molecule has 1 aromatic carbocycles. The second kappa shape index (κ2) is 6.41. The minimum Gasteiger partial charge on any atom is -0.497 e. The van der Waals surface area contributed by atoms with Crippen LogP contribution >= 0.6 is 11.3 Å². The number of aryl methyl sites for hydroxylation is 1. The highest BCUT2D eigenvalue weighted by Gasteiger charge is 2.34. The average molecular weight is 318 g/mol. The van der Waals surface area contributed by atoms with Gasteiger partial charge in [-0.3, -0.25) is 15.0 Å². The molecule has 3 rings (SSSR count). The van der Waals surface area contributed by atoms with Gasteiger partial charge in [-0.2, -0.15) is 0 Å². The van der Waals surface area contributed by atoms with Crippen molar-refractivity contribution in [2.45, 2.75) is 25.9 Å². The van der Waals surface area contributed by atoms with Crippen LogP contribution in [0.15, 0.2) is 24.3 Å². The monoisotopic (exact) mass is 318 g/mol. The molecule has 116 valence electrons. The van der Waals surface area contributed by atoms with Crippen molar-refractivity contribution in [3.63, 3.8) is 0 Å². The molecule has 0 radical (unpaired) electrons. The molecule has 7 heteroatoms. The molecule has 1 amide bonds. The standard InChI is InChI=1S/C15H18N4O2S/c1-10-17-18-15(22-10)16-14(20)13-7-8-19(13)9-11-3-5-12(21-2)6-4-11/h3-6,13H,7-9H2,1-2H3,(H,16,18,20). The van der Waals surface area contributed by atoms with Crippen LogP contribution in [0.1, 0.15) is 17.0 Å². The summed E-state index contributed by atoms with van der Waals surface area (Å²) in [5.41, 5.74) is 1.17. The zero-order valence-electron chi connectivity index (χ0n) is 12.6. The lowest BCUT2D eigenvalue weighted by atomic mass is 10.0. The smallest absolute Gasteiger partial charge is 0.243 e. The molecule has 1 aliphatic heterocycles. The van der Waals surface area contributed by atoms with Crippen molar-refractivity contribution in [1.82, 2.24) is 15.1 Å². The Labute approximate surface area is 133 Å². The molecule has 22 heavy (non-hydrogen) atoms. The van der Waals surface area contributed by atoms with Crippen LogP contribution in [-0.2, 0) is 11.3 Å². The Morgan fingerprint density at radius 1 is 1.41 bits per heavy atom. The zero-order chi connectivity index (χ0) is 15.5. The Morgan fingerprint density at radius 2 is 2.18 bits per heavy atom. The lowest BCUT2D eigenvalue weighted by molar-refractivity contribution is -0.125. The van der Waals surface area contributed by atoms with Gasteiger partial charge in [-0.1, -0.05) is 23.5 Å². The van der Waals surface area contributed by atoms with E-state index in [1.165, 1.54) is 16.9 Å². The molecule has 2 heterocycles. The van der Waals surface area contributed by atoms with Gasteiger partial charge in [-0.25, -0.2) is 0 Å². The van der Waals surface area contributed by atoms with E-state index in [0.717, 1.165) is 30.3 Å². The summed E-state index contributed by atoms with van der Waals surface area (Å²) in [4.78, 5) is 14.4. The first-order valence-electron chi connectivity index (χ1n) is 7.13. The number of aromatic nitrogens is 2. The lowest BCUT2D eigenvalue weighted by Gasteiger charge is -2.39. The van der Waals surface area contributed by atoms with Crippen LogP contribution in [0.5, 0.6) is 5.75 Å². The van der Waals surface area contributed by atoms with Gasteiger partial charge in [0.1, 0.15) is 10.8 Å². The molecule has 1 N–H and O–H groups in total. The van der Waals surface area contributed by atoms with Crippen LogP contribution in [0.4, 0.5) is 5.13 Å². The fraction of sp³-hybridized carbons (Fsp3) is 0.400. The number of hydrogen-bond acceptors (Lipinski definition) is 6. The molecule has 1 fully saturated rings. The van der Waals surface area contributed by atoms with Crippen molar-refractivity contribution in [2.24, 2.45) is 0 Å². The Bertz CT molecular complexity index is 656. The van der Waals surface area contributed by atoms with Crippen molar-refractivity contribution >= 4 is 22.4 Å². The Morgan fingerprint density at radius 3 is 2.73 bits per heavy atom. The van der Waals surface area contributed by atoms with Crippen molar-refractivity contribution in [3.8, 4) is 5.75 Å². The molecule has 0 aliphatic carbocycles. The van der Waals surface area contributed by atoms with Gasteiger partial charge in [-0.05, 0) is 31.0 Å². The minimum absolute atomic E-state index is 0.00379. The number of likely N-dealkylation sites (tertiary alicyclic amines) is 1. The van der Waals surface area contributed by atoms with Gasteiger partial charge in [0.25, 0.3) is 0 Å². The molecular formula is C15H18N4O2S. The number of carbonyl (C=O) groups is 1. The first kappa shape index (κ1) is 14.9. The predicted octanol–water partition coefficient (Wildman–Crippen LogP) is 2.07. The number of nitrogens with one attached hydrogen (secondary N) is 1. The van der Waals surface area contributed by atoms with E-state index in [1.807, 2.05) is 31.2 Å². The van der Waals surface area contributed by atoms with Gasteiger partial charge < -0.3 is 4.74 Å². The number of nitrogens with zero attached hydrogens (tertiary/aromatic N) is 3. The Kier molecular flexibility index (Phi) is 4.35. The summed E-state index contributed by atoms with van der Waals surface area (Å²) < 4.78 is 5.15. The van der Waals surface area contributed by atoms with Crippen LogP contribution in [0, 0.1) is 6.92 Å². The molecular weight excluding hydrogens is 300 g/mol. The first-order valence-corrected chi connectivity index (χ1v) is 7.95. The third-order valence-corrected chi connectivity index (χ3v) is 4.49. The van der Waals surface area contributed by atoms with Crippen LogP contribution in [0.3, 0.4) is 0 Å². The number of benzene rings is 1. The zero-order valence-corrected chi connectivity index (χ0v) is 13.4. The molecule has 2 aromatic rings. The topological polar surface area (TPSA) is 67.3 Å². The van der Waals surface area contributed by atoms with Gasteiger partial charge in [0.05, 0.1) is 13.2 Å². The maximum atomic E-state index is 12.3. The normalized spacial score (nSPS) is 17.8. The molecule has 1 aromatic heterocycles. The number of amides is 1. The van der Waals surface area contributed by atoms with Crippen LogP contribution < -0.4 is 10.1 Å². The number of carbonyl (C=O) groups excluding carboxylic acids is 1. The highest BCUT2D eigenvalue weighted by Crippen LogP contribution is 2.23. The van der Waals surface area contributed by atoms with Gasteiger partial charge in [0, 0.05) is 13.1 Å². The van der Waals surface area contributed by atoms with E-state index in [0.29, 0.717) is 5.13 Å². The summed E-state index contributed by atoms with van der Waals surface area (Å²) in [6.45, 7) is 3.56. The quantitative estimate of drug-likeness (QED) is 0.914. The second-order valence-corrected chi connectivity index (χ2v) is 6.42. The summed E-state index contributed by atoms with van der Waals surface area (Å²) in [6.07, 6.45) is 0.875. The van der Waals surface area contributed by atoms with Crippen molar-refractivity contribution in [2.75, 3.05) is 19.0 Å². The molecule has 1 saturated heterocycles. The Hall–Kier alpha value is -1.99. The molecule has 6 nitrogen and oxygen atoms in total. The number of ether oxygens (including phenoxy) is 1. The number of rotatable bonds is 5. The highest BCUT2D eigenvalue weighted by molar-refractivity contribution is 7.15. The van der Waals surface area contributed by atoms with Gasteiger partial charge in [-0.15, -0.1) is 10.2 Å². The van der Waals surface area contributed by atoms with E-state index in [2.05, 4.69) is 20.4 Å². The predicted molar refractivity (Wildman–Crippen MR) is 85.1 cm³/mol.